The summed E-state index contributed by atoms with van der Waals surface area (Å²) in [6.07, 6.45) is 4.15. The van der Waals surface area contributed by atoms with Gasteiger partial charge in [0.15, 0.2) is 6.20 Å². The van der Waals surface area contributed by atoms with Gasteiger partial charge in [0.1, 0.15) is 12.0 Å². The molecule has 0 N–H and O–H groups in total. The Morgan fingerprint density at radius 1 is 1.21 bits per heavy atom. The van der Waals surface area contributed by atoms with E-state index in [9.17, 15) is 9.60 Å². The van der Waals surface area contributed by atoms with Crippen molar-refractivity contribution >= 4 is 0 Å². The minimum absolute atomic E-state index is 0.324. The molecule has 0 amide bonds. The van der Waals surface area contributed by atoms with Crippen LogP contribution in [-0.4, -0.2) is 4.98 Å². The van der Waals surface area contributed by atoms with Gasteiger partial charge in [0.05, 0.1) is 6.20 Å². The first-order valence-electron chi connectivity index (χ1n) is 4.06. The fraction of sp³-hybridized carbons (Fsp3) is 0. The zero-order valence-corrected chi connectivity index (χ0v) is 7.22. The molecule has 0 aliphatic heterocycles. The molecule has 70 valence electrons. The van der Waals surface area contributed by atoms with Crippen molar-refractivity contribution in [1.29, 1.82) is 0 Å². The molecule has 0 radical (unpaired) electrons. The SMILES string of the molecule is [O-][n+]1ccncc1-c1ccc(F)cc1. The van der Waals surface area contributed by atoms with Crippen LogP contribution in [0, 0.1) is 11.0 Å². The summed E-state index contributed by atoms with van der Waals surface area (Å²) in [5.74, 6) is -0.324. The number of benzene rings is 1. The van der Waals surface area contributed by atoms with E-state index in [4.69, 9.17) is 0 Å². The first-order chi connectivity index (χ1) is 6.77. The molecule has 0 saturated carbocycles. The molecule has 2 rings (SSSR count). The van der Waals surface area contributed by atoms with Crippen molar-refractivity contribution in [2.45, 2.75) is 0 Å². The summed E-state index contributed by atoms with van der Waals surface area (Å²) >= 11 is 0. The van der Waals surface area contributed by atoms with E-state index >= 15 is 0 Å². The van der Waals surface area contributed by atoms with E-state index in [0.29, 0.717) is 16.0 Å². The van der Waals surface area contributed by atoms with Gasteiger partial charge in [0.25, 0.3) is 0 Å². The van der Waals surface area contributed by atoms with Crippen LogP contribution in [0.3, 0.4) is 0 Å². The van der Waals surface area contributed by atoms with E-state index in [2.05, 4.69) is 4.98 Å². The van der Waals surface area contributed by atoms with Crippen molar-refractivity contribution in [2.24, 2.45) is 0 Å². The molecule has 1 aromatic heterocycles. The highest BCUT2D eigenvalue weighted by atomic mass is 19.1. The van der Waals surface area contributed by atoms with Crippen molar-refractivity contribution < 1.29 is 9.12 Å². The van der Waals surface area contributed by atoms with E-state index in [1.807, 2.05) is 0 Å². The maximum Gasteiger partial charge on any atom is 0.242 e. The predicted molar refractivity (Wildman–Crippen MR) is 48.6 cm³/mol. The molecule has 1 heterocycles. The molecule has 0 aliphatic carbocycles. The number of hydrogen-bond acceptors (Lipinski definition) is 2. The van der Waals surface area contributed by atoms with Gasteiger partial charge in [-0.25, -0.2) is 4.39 Å². The summed E-state index contributed by atoms with van der Waals surface area (Å²) in [4.78, 5) is 3.83. The topological polar surface area (TPSA) is 39.8 Å². The van der Waals surface area contributed by atoms with E-state index in [-0.39, 0.29) is 5.82 Å². The van der Waals surface area contributed by atoms with Gasteiger partial charge >= 0.3 is 0 Å². The Labute approximate surface area is 80.1 Å². The van der Waals surface area contributed by atoms with Crippen molar-refractivity contribution in [1.82, 2.24) is 4.98 Å². The standard InChI is InChI=1S/C10H7FN2O/c11-9-3-1-8(2-4-9)10-7-12-5-6-13(10)14/h1-7H. The molecule has 0 saturated heterocycles. The second-order valence-corrected chi connectivity index (χ2v) is 2.79. The average molecular weight is 190 g/mol. The average Bonchev–Trinajstić information content (AvgIpc) is 2.20. The van der Waals surface area contributed by atoms with Gasteiger partial charge in [-0.1, -0.05) is 0 Å². The van der Waals surface area contributed by atoms with E-state index in [0.717, 1.165) is 0 Å². The van der Waals surface area contributed by atoms with Crippen LogP contribution < -0.4 is 4.73 Å². The summed E-state index contributed by atoms with van der Waals surface area (Å²) in [7, 11) is 0. The smallest absolute Gasteiger partial charge is 0.242 e. The van der Waals surface area contributed by atoms with Gasteiger partial charge in [0, 0.05) is 5.56 Å². The van der Waals surface area contributed by atoms with E-state index in [1.165, 1.54) is 30.7 Å². The molecule has 0 atom stereocenters. The Hall–Kier alpha value is -1.97. The Bertz CT molecular complexity index is 442. The molecule has 14 heavy (non-hydrogen) atoms. The second kappa shape index (κ2) is 3.41. The molecular formula is C10H7FN2O. The molecule has 2 aromatic rings. The molecule has 0 spiro atoms. The van der Waals surface area contributed by atoms with Gasteiger partial charge in [-0.3, -0.25) is 4.98 Å². The number of aromatic nitrogens is 2. The summed E-state index contributed by atoms with van der Waals surface area (Å²) < 4.78 is 13.3. The van der Waals surface area contributed by atoms with Crippen LogP contribution in [-0.2, 0) is 0 Å². The molecular weight excluding hydrogens is 183 g/mol. The molecule has 1 aromatic carbocycles. The van der Waals surface area contributed by atoms with Crippen molar-refractivity contribution in [3.05, 3.63) is 53.9 Å². The summed E-state index contributed by atoms with van der Waals surface area (Å²) in [5, 5.41) is 11.3. The molecule has 0 bridgehead atoms. The monoisotopic (exact) mass is 190 g/mol. The first kappa shape index (κ1) is 8.62. The lowest BCUT2D eigenvalue weighted by atomic mass is 10.1. The Morgan fingerprint density at radius 2 is 1.93 bits per heavy atom. The maximum atomic E-state index is 12.6. The minimum Gasteiger partial charge on any atom is -0.618 e. The van der Waals surface area contributed by atoms with Crippen molar-refractivity contribution in [3.63, 3.8) is 0 Å². The Balaban J connectivity index is 2.50. The fourth-order valence-electron chi connectivity index (χ4n) is 1.17. The third-order valence-corrected chi connectivity index (χ3v) is 1.86. The van der Waals surface area contributed by atoms with Crippen LogP contribution in [0.15, 0.2) is 42.9 Å². The van der Waals surface area contributed by atoms with Gasteiger partial charge in [-0.15, -0.1) is 0 Å². The minimum atomic E-state index is -0.324. The van der Waals surface area contributed by atoms with Gasteiger partial charge in [0.2, 0.25) is 5.69 Å². The molecule has 0 fully saturated rings. The lowest BCUT2D eigenvalue weighted by molar-refractivity contribution is -0.594. The fourth-order valence-corrected chi connectivity index (χ4v) is 1.17. The highest BCUT2D eigenvalue weighted by Crippen LogP contribution is 2.13. The zero-order chi connectivity index (χ0) is 9.97. The third-order valence-electron chi connectivity index (χ3n) is 1.86. The number of hydrogen-bond donors (Lipinski definition) is 0. The highest BCUT2D eigenvalue weighted by molar-refractivity contribution is 5.54. The number of rotatable bonds is 1. The van der Waals surface area contributed by atoms with Gasteiger partial charge in [-0.2, -0.15) is 4.73 Å². The van der Waals surface area contributed by atoms with E-state index < -0.39 is 0 Å². The highest BCUT2D eigenvalue weighted by Gasteiger charge is 2.07. The predicted octanol–water partition coefficient (Wildman–Crippen LogP) is 1.52. The van der Waals surface area contributed by atoms with Crippen molar-refractivity contribution in [2.75, 3.05) is 0 Å². The van der Waals surface area contributed by atoms with Crippen LogP contribution >= 0.6 is 0 Å². The lowest BCUT2D eigenvalue weighted by Gasteiger charge is -2.02. The zero-order valence-electron chi connectivity index (χ0n) is 7.22. The lowest BCUT2D eigenvalue weighted by Crippen LogP contribution is -2.28. The van der Waals surface area contributed by atoms with Crippen LogP contribution in [0.5, 0.6) is 0 Å². The Kier molecular flexibility index (Phi) is 2.10. The molecule has 0 unspecified atom stereocenters. The molecule has 3 nitrogen and oxygen atoms in total. The molecule has 0 aliphatic rings. The van der Waals surface area contributed by atoms with Crippen LogP contribution in [0.2, 0.25) is 0 Å². The van der Waals surface area contributed by atoms with Gasteiger partial charge < -0.3 is 5.21 Å². The normalized spacial score (nSPS) is 10.1. The molecule has 4 heteroatoms. The van der Waals surface area contributed by atoms with Gasteiger partial charge in [-0.05, 0) is 24.3 Å². The quantitative estimate of drug-likeness (QED) is 0.505. The van der Waals surface area contributed by atoms with Crippen LogP contribution in [0.25, 0.3) is 11.3 Å². The number of halogens is 1. The summed E-state index contributed by atoms with van der Waals surface area (Å²) in [6, 6.07) is 5.70. The Morgan fingerprint density at radius 3 is 2.57 bits per heavy atom. The second-order valence-electron chi connectivity index (χ2n) is 2.79. The maximum absolute atomic E-state index is 12.6. The number of nitrogens with zero attached hydrogens (tertiary/aromatic N) is 2. The van der Waals surface area contributed by atoms with Crippen LogP contribution in [0.4, 0.5) is 4.39 Å². The van der Waals surface area contributed by atoms with E-state index in [1.54, 1.807) is 12.1 Å². The third kappa shape index (κ3) is 1.54. The largest absolute Gasteiger partial charge is 0.618 e. The first-order valence-corrected chi connectivity index (χ1v) is 4.06. The van der Waals surface area contributed by atoms with Crippen molar-refractivity contribution in [3.8, 4) is 11.3 Å². The summed E-state index contributed by atoms with van der Waals surface area (Å²) in [5.41, 5.74) is 1.06. The summed E-state index contributed by atoms with van der Waals surface area (Å²) in [6.45, 7) is 0. The van der Waals surface area contributed by atoms with Crippen LogP contribution in [0.1, 0.15) is 0 Å².